The highest BCUT2D eigenvalue weighted by Gasteiger charge is 2.24. The fourth-order valence-corrected chi connectivity index (χ4v) is 5.95. The molecule has 1 aliphatic rings. The summed E-state index contributed by atoms with van der Waals surface area (Å²) in [6.45, 7) is 4.02. The number of aryl methyl sites for hydroxylation is 3. The second-order valence-corrected chi connectivity index (χ2v) is 10.0. The van der Waals surface area contributed by atoms with E-state index >= 15 is 0 Å². The van der Waals surface area contributed by atoms with Gasteiger partial charge in [0.15, 0.2) is 5.16 Å². The van der Waals surface area contributed by atoms with Gasteiger partial charge in [-0.05, 0) is 72.5 Å². The molecule has 1 atom stereocenters. The van der Waals surface area contributed by atoms with Crippen LogP contribution in [0.2, 0.25) is 0 Å². The minimum atomic E-state index is -0.0948. The Morgan fingerprint density at radius 2 is 1.97 bits per heavy atom. The molecular weight excluding hydrogens is 438 g/mol. The molecule has 5 nitrogen and oxygen atoms in total. The number of nitrogens with zero attached hydrogens (tertiary/aromatic N) is 2. The molecule has 2 heterocycles. The second-order valence-electron chi connectivity index (χ2n) is 8.16. The largest absolute Gasteiger partial charge is 0.349 e. The molecule has 0 saturated carbocycles. The summed E-state index contributed by atoms with van der Waals surface area (Å²) in [6.07, 6.45) is 1.90. The van der Waals surface area contributed by atoms with Crippen molar-refractivity contribution in [2.75, 3.05) is 5.75 Å². The second kappa shape index (κ2) is 8.56. The van der Waals surface area contributed by atoms with Crippen molar-refractivity contribution in [1.29, 1.82) is 0 Å². The molecule has 1 amide bonds. The van der Waals surface area contributed by atoms with Crippen molar-refractivity contribution in [1.82, 2.24) is 14.9 Å². The normalized spacial score (nSPS) is 15.1. The highest BCUT2D eigenvalue weighted by molar-refractivity contribution is 7.99. The van der Waals surface area contributed by atoms with Gasteiger partial charge in [-0.2, -0.15) is 0 Å². The maximum Gasteiger partial charge on any atom is 0.276 e. The average Bonchev–Trinajstić information content (AvgIpc) is 3.39. The van der Waals surface area contributed by atoms with Gasteiger partial charge in [0.25, 0.3) is 5.56 Å². The summed E-state index contributed by atoms with van der Waals surface area (Å²) in [5.74, 6) is 0.147. The first-order chi connectivity index (χ1) is 15.5. The number of nitrogens with one attached hydrogen (secondary N) is 1. The van der Waals surface area contributed by atoms with Crippen molar-refractivity contribution < 1.29 is 4.79 Å². The Bertz CT molecular complexity index is 1370. The van der Waals surface area contributed by atoms with Gasteiger partial charge in [0.2, 0.25) is 5.91 Å². The number of carbonyl (C=O) groups is 1. The maximum absolute atomic E-state index is 13.3. The van der Waals surface area contributed by atoms with Crippen molar-refractivity contribution in [3.63, 3.8) is 0 Å². The van der Waals surface area contributed by atoms with Gasteiger partial charge in [-0.3, -0.25) is 14.2 Å². The summed E-state index contributed by atoms with van der Waals surface area (Å²) in [4.78, 5) is 30.8. The molecule has 2 aromatic carbocycles. The minimum absolute atomic E-state index is 0.0493. The van der Waals surface area contributed by atoms with E-state index in [1.807, 2.05) is 49.6 Å². The fourth-order valence-electron chi connectivity index (χ4n) is 4.37. The minimum Gasteiger partial charge on any atom is -0.349 e. The van der Waals surface area contributed by atoms with Crippen LogP contribution >= 0.6 is 23.1 Å². The molecule has 4 aromatic rings. The van der Waals surface area contributed by atoms with Crippen molar-refractivity contribution in [3.8, 4) is 5.69 Å². The van der Waals surface area contributed by atoms with E-state index in [0.717, 1.165) is 29.7 Å². The van der Waals surface area contributed by atoms with E-state index in [1.165, 1.54) is 34.2 Å². The van der Waals surface area contributed by atoms with Gasteiger partial charge < -0.3 is 5.32 Å². The Labute approximate surface area is 194 Å². The molecule has 0 saturated heterocycles. The average molecular weight is 462 g/mol. The van der Waals surface area contributed by atoms with Gasteiger partial charge in [-0.15, -0.1) is 11.3 Å². The van der Waals surface area contributed by atoms with Crippen LogP contribution in [-0.2, 0) is 11.2 Å². The summed E-state index contributed by atoms with van der Waals surface area (Å²) >= 11 is 2.70. The molecule has 0 aliphatic heterocycles. The lowest BCUT2D eigenvalue weighted by molar-refractivity contribution is -0.119. The summed E-state index contributed by atoms with van der Waals surface area (Å²) in [6, 6.07) is 16.2. The van der Waals surface area contributed by atoms with E-state index in [9.17, 15) is 9.59 Å². The number of carbonyl (C=O) groups excluding carboxylic acids is 1. The first-order valence-electron chi connectivity index (χ1n) is 10.6. The Kier molecular flexibility index (Phi) is 5.61. The number of fused-ring (bicyclic) bond motifs is 2. The van der Waals surface area contributed by atoms with Crippen LogP contribution in [0.15, 0.2) is 63.9 Å². The Morgan fingerprint density at radius 1 is 1.19 bits per heavy atom. The van der Waals surface area contributed by atoms with Gasteiger partial charge >= 0.3 is 0 Å². The molecular formula is C25H23N3O2S2. The standard InChI is InChI=1S/C25H23N3O2S2/c1-15-11-16(2)13-18(12-15)28-24(30)23-21(9-10-31-23)27-25(28)32-14-22(29)26-20-8-7-17-5-3-4-6-19(17)20/h3-6,9-13,20H,7-8,14H2,1-2H3,(H,26,29)/t20-/m1/s1. The van der Waals surface area contributed by atoms with Crippen molar-refractivity contribution in [2.24, 2.45) is 0 Å². The predicted octanol–water partition coefficient (Wildman–Crippen LogP) is 4.96. The molecule has 0 fully saturated rings. The molecule has 5 rings (SSSR count). The van der Waals surface area contributed by atoms with E-state index in [1.54, 1.807) is 4.57 Å². The fraction of sp³-hybridized carbons (Fsp3) is 0.240. The molecule has 0 spiro atoms. The van der Waals surface area contributed by atoms with E-state index in [0.29, 0.717) is 15.4 Å². The number of thioether (sulfide) groups is 1. The zero-order valence-corrected chi connectivity index (χ0v) is 19.6. The topological polar surface area (TPSA) is 64.0 Å². The van der Waals surface area contributed by atoms with Gasteiger partial charge in [0, 0.05) is 0 Å². The summed E-state index contributed by atoms with van der Waals surface area (Å²) in [7, 11) is 0. The number of benzene rings is 2. The monoisotopic (exact) mass is 461 g/mol. The molecule has 0 radical (unpaired) electrons. The highest BCUT2D eigenvalue weighted by Crippen LogP contribution is 2.31. The first kappa shape index (κ1) is 21.0. The lowest BCUT2D eigenvalue weighted by atomic mass is 10.1. The third kappa shape index (κ3) is 3.98. The van der Waals surface area contributed by atoms with Crippen molar-refractivity contribution in [2.45, 2.75) is 37.9 Å². The number of thiophene rings is 1. The smallest absolute Gasteiger partial charge is 0.276 e. The zero-order chi connectivity index (χ0) is 22.2. The van der Waals surface area contributed by atoms with Crippen molar-refractivity contribution in [3.05, 3.63) is 86.5 Å². The van der Waals surface area contributed by atoms with Gasteiger partial charge in [-0.1, -0.05) is 42.1 Å². The van der Waals surface area contributed by atoms with Gasteiger partial charge in [0.1, 0.15) is 4.70 Å². The SMILES string of the molecule is Cc1cc(C)cc(-n2c(SCC(=O)N[C@@H]3CCc4ccccc43)nc3ccsc3c2=O)c1. The molecule has 1 aliphatic carbocycles. The van der Waals surface area contributed by atoms with Gasteiger partial charge in [0.05, 0.1) is 23.0 Å². The molecule has 0 bridgehead atoms. The third-order valence-corrected chi connectivity index (χ3v) is 7.54. The number of hydrogen-bond donors (Lipinski definition) is 1. The summed E-state index contributed by atoms with van der Waals surface area (Å²) in [5.41, 5.74) is 6.02. The molecule has 32 heavy (non-hydrogen) atoms. The molecule has 0 unspecified atom stereocenters. The third-order valence-electron chi connectivity index (χ3n) is 5.71. The summed E-state index contributed by atoms with van der Waals surface area (Å²) in [5, 5.41) is 5.57. The van der Waals surface area contributed by atoms with Crippen LogP contribution in [0.1, 0.15) is 34.7 Å². The molecule has 2 aromatic heterocycles. The van der Waals surface area contributed by atoms with E-state index in [4.69, 9.17) is 4.98 Å². The quantitative estimate of drug-likeness (QED) is 0.337. The lowest BCUT2D eigenvalue weighted by Gasteiger charge is -2.15. The van der Waals surface area contributed by atoms with Crippen LogP contribution in [-0.4, -0.2) is 21.2 Å². The number of amides is 1. The van der Waals surface area contributed by atoms with E-state index < -0.39 is 0 Å². The van der Waals surface area contributed by atoms with Gasteiger partial charge in [-0.25, -0.2) is 4.98 Å². The number of hydrogen-bond acceptors (Lipinski definition) is 5. The Morgan fingerprint density at radius 3 is 2.78 bits per heavy atom. The molecule has 162 valence electrons. The first-order valence-corrected chi connectivity index (χ1v) is 12.4. The van der Waals surface area contributed by atoms with Crippen LogP contribution in [0.25, 0.3) is 15.9 Å². The number of rotatable bonds is 5. The van der Waals surface area contributed by atoms with Crippen molar-refractivity contribution >= 4 is 39.2 Å². The van der Waals surface area contributed by atoms with Crippen LogP contribution < -0.4 is 10.9 Å². The molecule has 1 N–H and O–H groups in total. The Balaban J connectivity index is 1.43. The van der Waals surface area contributed by atoms with E-state index in [2.05, 4.69) is 23.5 Å². The maximum atomic E-state index is 13.3. The molecule has 7 heteroatoms. The number of aromatic nitrogens is 2. The Hall–Kier alpha value is -2.90. The lowest BCUT2D eigenvalue weighted by Crippen LogP contribution is -2.29. The highest BCUT2D eigenvalue weighted by atomic mass is 32.2. The zero-order valence-electron chi connectivity index (χ0n) is 17.9. The summed E-state index contributed by atoms with van der Waals surface area (Å²) < 4.78 is 2.27. The van der Waals surface area contributed by atoms with Crippen LogP contribution in [0.4, 0.5) is 0 Å². The van der Waals surface area contributed by atoms with Crippen LogP contribution in [0, 0.1) is 13.8 Å². The van der Waals surface area contributed by atoms with Crippen LogP contribution in [0.5, 0.6) is 0 Å². The predicted molar refractivity (Wildman–Crippen MR) is 131 cm³/mol. The van der Waals surface area contributed by atoms with E-state index in [-0.39, 0.29) is 23.3 Å². The van der Waals surface area contributed by atoms with Crippen LogP contribution in [0.3, 0.4) is 0 Å².